The summed E-state index contributed by atoms with van der Waals surface area (Å²) in [5.74, 6) is -0.101. The van der Waals surface area contributed by atoms with Crippen LogP contribution in [0.3, 0.4) is 0 Å². The Kier molecular flexibility index (Phi) is 4.57. The number of H-pyrrole nitrogens is 1. The van der Waals surface area contributed by atoms with Crippen molar-refractivity contribution in [2.45, 2.75) is 25.3 Å². The molecule has 5 heteroatoms. The first-order chi connectivity index (χ1) is 13.7. The van der Waals surface area contributed by atoms with Gasteiger partial charge in [0.25, 0.3) is 5.91 Å². The Hall–Kier alpha value is -2.37. The van der Waals surface area contributed by atoms with Gasteiger partial charge in [-0.2, -0.15) is 0 Å². The molecule has 2 aliphatic rings. The van der Waals surface area contributed by atoms with Crippen LogP contribution in [0.2, 0.25) is 0 Å². The summed E-state index contributed by atoms with van der Waals surface area (Å²) in [4.78, 5) is 18.6. The fraction of sp³-hybridized carbons (Fsp3) is 0.261. The molecule has 3 aromatic rings. The highest BCUT2D eigenvalue weighted by Gasteiger charge is 2.28. The molecule has 1 aromatic heterocycles. The number of amides is 1. The smallest absolute Gasteiger partial charge is 0.255 e. The van der Waals surface area contributed by atoms with E-state index in [1.807, 2.05) is 36.4 Å². The Bertz CT molecular complexity index is 1080. The Morgan fingerprint density at radius 1 is 1.21 bits per heavy atom. The highest BCUT2D eigenvalue weighted by Crippen LogP contribution is 2.36. The number of hydrogen-bond donors (Lipinski definition) is 2. The molecule has 1 saturated heterocycles. The molecule has 1 amide bonds. The van der Waals surface area contributed by atoms with E-state index in [4.69, 9.17) is 0 Å². The van der Waals surface area contributed by atoms with Crippen LogP contribution >= 0.6 is 15.9 Å². The lowest BCUT2D eigenvalue weighted by atomic mass is 9.94. The lowest BCUT2D eigenvalue weighted by Crippen LogP contribution is -2.32. The van der Waals surface area contributed by atoms with Crippen molar-refractivity contribution in [3.8, 4) is 0 Å². The Labute approximate surface area is 172 Å². The van der Waals surface area contributed by atoms with Gasteiger partial charge in [-0.1, -0.05) is 28.1 Å². The zero-order valence-electron chi connectivity index (χ0n) is 15.5. The van der Waals surface area contributed by atoms with Crippen LogP contribution in [0.15, 0.2) is 59.2 Å². The second kappa shape index (κ2) is 7.22. The van der Waals surface area contributed by atoms with Crippen LogP contribution in [0.4, 0.5) is 5.69 Å². The van der Waals surface area contributed by atoms with E-state index < -0.39 is 0 Å². The SMILES string of the molecule is O=C(Nc1ccc2[nH]cc(C3=CCN4CCCC4C3)c2c1)c1cccc(Br)c1. The Morgan fingerprint density at radius 3 is 3.04 bits per heavy atom. The predicted octanol–water partition coefficient (Wildman–Crippen LogP) is 5.43. The lowest BCUT2D eigenvalue weighted by Gasteiger charge is -2.29. The maximum absolute atomic E-state index is 12.6. The highest BCUT2D eigenvalue weighted by atomic mass is 79.9. The maximum atomic E-state index is 12.6. The van der Waals surface area contributed by atoms with Crippen molar-refractivity contribution >= 4 is 44.0 Å². The first-order valence-corrected chi connectivity index (χ1v) is 10.6. The molecule has 2 aliphatic heterocycles. The number of nitrogens with zero attached hydrogens (tertiary/aromatic N) is 1. The van der Waals surface area contributed by atoms with Gasteiger partial charge in [-0.25, -0.2) is 0 Å². The van der Waals surface area contributed by atoms with Crippen molar-refractivity contribution < 1.29 is 4.79 Å². The lowest BCUT2D eigenvalue weighted by molar-refractivity contribution is 0.102. The average molecular weight is 436 g/mol. The number of anilines is 1. The summed E-state index contributed by atoms with van der Waals surface area (Å²) in [5.41, 5.74) is 5.24. The van der Waals surface area contributed by atoms with E-state index in [0.29, 0.717) is 11.6 Å². The number of halogens is 1. The average Bonchev–Trinajstić information content (AvgIpc) is 3.33. The first-order valence-electron chi connectivity index (χ1n) is 9.79. The molecule has 4 nitrogen and oxygen atoms in total. The second-order valence-corrected chi connectivity index (χ2v) is 8.57. The molecule has 1 atom stereocenters. The van der Waals surface area contributed by atoms with Gasteiger partial charge < -0.3 is 10.3 Å². The van der Waals surface area contributed by atoms with Crippen LogP contribution in [0.25, 0.3) is 16.5 Å². The molecule has 2 N–H and O–H groups in total. The van der Waals surface area contributed by atoms with Crippen molar-refractivity contribution in [3.05, 3.63) is 70.3 Å². The van der Waals surface area contributed by atoms with Gasteiger partial charge in [0.2, 0.25) is 0 Å². The number of aromatic nitrogens is 1. The number of carbonyl (C=O) groups excluding carboxylic acids is 1. The quantitative estimate of drug-likeness (QED) is 0.575. The van der Waals surface area contributed by atoms with E-state index in [9.17, 15) is 4.79 Å². The molecule has 28 heavy (non-hydrogen) atoms. The third-order valence-electron chi connectivity index (χ3n) is 5.90. The van der Waals surface area contributed by atoms with Gasteiger partial charge >= 0.3 is 0 Å². The van der Waals surface area contributed by atoms with E-state index in [-0.39, 0.29) is 5.91 Å². The van der Waals surface area contributed by atoms with Crippen molar-refractivity contribution in [2.75, 3.05) is 18.4 Å². The van der Waals surface area contributed by atoms with Crippen molar-refractivity contribution in [2.24, 2.45) is 0 Å². The summed E-state index contributed by atoms with van der Waals surface area (Å²) in [6, 6.07) is 14.2. The van der Waals surface area contributed by atoms with E-state index >= 15 is 0 Å². The summed E-state index contributed by atoms with van der Waals surface area (Å²) in [7, 11) is 0. The van der Waals surface area contributed by atoms with Crippen LogP contribution in [-0.4, -0.2) is 34.9 Å². The molecule has 0 bridgehead atoms. The fourth-order valence-corrected chi connectivity index (χ4v) is 4.85. The zero-order valence-corrected chi connectivity index (χ0v) is 17.1. The Morgan fingerprint density at radius 2 is 2.14 bits per heavy atom. The number of hydrogen-bond acceptors (Lipinski definition) is 2. The number of aromatic amines is 1. The molecule has 0 radical (unpaired) electrons. The van der Waals surface area contributed by atoms with Crippen LogP contribution in [0.1, 0.15) is 35.2 Å². The molecule has 2 aromatic carbocycles. The van der Waals surface area contributed by atoms with Crippen LogP contribution in [0, 0.1) is 0 Å². The van der Waals surface area contributed by atoms with Gasteiger partial charge in [0.05, 0.1) is 0 Å². The number of fused-ring (bicyclic) bond motifs is 2. The summed E-state index contributed by atoms with van der Waals surface area (Å²) in [6.07, 6.45) is 8.21. The Balaban J connectivity index is 1.43. The number of carbonyl (C=O) groups is 1. The molecule has 0 aliphatic carbocycles. The molecule has 1 fully saturated rings. The summed E-state index contributed by atoms with van der Waals surface area (Å²) >= 11 is 3.42. The standard InChI is InChI=1S/C23H22BrN3O/c24-17-4-1-3-16(11-17)23(28)26-18-6-7-22-20(13-18)21(14-25-22)15-8-10-27-9-2-5-19(27)12-15/h1,3-4,6-8,11,13-14,19,25H,2,5,9-10,12H2,(H,26,28). The van der Waals surface area contributed by atoms with Gasteiger partial charge in [0, 0.05) is 51.0 Å². The van der Waals surface area contributed by atoms with Crippen LogP contribution in [0.5, 0.6) is 0 Å². The van der Waals surface area contributed by atoms with E-state index in [1.165, 1.54) is 35.9 Å². The van der Waals surface area contributed by atoms with Gasteiger partial charge in [0.1, 0.15) is 0 Å². The third-order valence-corrected chi connectivity index (χ3v) is 6.39. The molecule has 5 rings (SSSR count). The van der Waals surface area contributed by atoms with E-state index in [0.717, 1.165) is 28.6 Å². The van der Waals surface area contributed by atoms with Crippen molar-refractivity contribution in [1.29, 1.82) is 0 Å². The predicted molar refractivity (Wildman–Crippen MR) is 118 cm³/mol. The van der Waals surface area contributed by atoms with Gasteiger partial charge in [-0.05, 0) is 67.8 Å². The highest BCUT2D eigenvalue weighted by molar-refractivity contribution is 9.10. The molecular weight excluding hydrogens is 414 g/mol. The van der Waals surface area contributed by atoms with Gasteiger partial charge in [-0.3, -0.25) is 9.69 Å². The third kappa shape index (κ3) is 3.29. The fourth-order valence-electron chi connectivity index (χ4n) is 4.45. The normalized spacial score (nSPS) is 19.5. The summed E-state index contributed by atoms with van der Waals surface area (Å²) < 4.78 is 0.897. The second-order valence-electron chi connectivity index (χ2n) is 7.65. The molecule has 142 valence electrons. The van der Waals surface area contributed by atoms with Crippen molar-refractivity contribution in [3.63, 3.8) is 0 Å². The molecular formula is C23H22BrN3O. The minimum atomic E-state index is -0.101. The van der Waals surface area contributed by atoms with Crippen LogP contribution < -0.4 is 5.32 Å². The van der Waals surface area contributed by atoms with Crippen molar-refractivity contribution in [1.82, 2.24) is 9.88 Å². The monoisotopic (exact) mass is 435 g/mol. The topological polar surface area (TPSA) is 48.1 Å². The summed E-state index contributed by atoms with van der Waals surface area (Å²) in [5, 5.41) is 4.20. The van der Waals surface area contributed by atoms with E-state index in [1.54, 1.807) is 0 Å². The largest absolute Gasteiger partial charge is 0.361 e. The number of rotatable bonds is 3. The maximum Gasteiger partial charge on any atom is 0.255 e. The number of nitrogens with one attached hydrogen (secondary N) is 2. The van der Waals surface area contributed by atoms with Gasteiger partial charge in [-0.15, -0.1) is 0 Å². The van der Waals surface area contributed by atoms with E-state index in [2.05, 4.69) is 49.5 Å². The molecule has 1 unspecified atom stereocenters. The molecule has 0 spiro atoms. The number of benzene rings is 2. The molecule has 3 heterocycles. The molecule has 0 saturated carbocycles. The zero-order chi connectivity index (χ0) is 19.1. The minimum Gasteiger partial charge on any atom is -0.361 e. The van der Waals surface area contributed by atoms with Crippen LogP contribution in [-0.2, 0) is 0 Å². The minimum absolute atomic E-state index is 0.101. The van der Waals surface area contributed by atoms with Gasteiger partial charge in [0.15, 0.2) is 0 Å². The first kappa shape index (κ1) is 17.7. The summed E-state index contributed by atoms with van der Waals surface area (Å²) in [6.45, 7) is 2.28.